The molecule has 3 N–H and O–H groups in total. The number of allylic oxidation sites excluding steroid dienone is 1. The second kappa shape index (κ2) is 8.92. The SMILES string of the molecule is CC1=C(C(=O)Nc2ccc3[nH]nc(-c4cc(N5CCN[C@@H](C)C5)ncn4)c3c2)[C@H](C)n2nnnc2N1C. The van der Waals surface area contributed by atoms with E-state index in [9.17, 15) is 4.79 Å². The Bertz CT molecular complexity index is 1520. The highest BCUT2D eigenvalue weighted by Crippen LogP contribution is 2.33. The zero-order valence-corrected chi connectivity index (χ0v) is 21.1. The number of carbonyl (C=O) groups is 1. The molecule has 0 radical (unpaired) electrons. The molecule has 1 saturated heterocycles. The average molecular weight is 501 g/mol. The fraction of sp³-hybridized carbons (Fsp3) is 0.375. The molecule has 1 aromatic carbocycles. The minimum Gasteiger partial charge on any atom is -0.354 e. The van der Waals surface area contributed by atoms with Gasteiger partial charge in [0.25, 0.3) is 5.91 Å². The van der Waals surface area contributed by atoms with Crippen molar-refractivity contribution < 1.29 is 4.79 Å². The number of fused-ring (bicyclic) bond motifs is 2. The Morgan fingerprint density at radius 1 is 1.19 bits per heavy atom. The van der Waals surface area contributed by atoms with E-state index in [2.05, 4.69) is 58.1 Å². The second-order valence-electron chi connectivity index (χ2n) is 9.51. The first-order chi connectivity index (χ1) is 17.9. The normalized spacial score (nSPS) is 19.9. The number of carbonyl (C=O) groups excluding carboxylic acids is 1. The van der Waals surface area contributed by atoms with Gasteiger partial charge in [0.2, 0.25) is 5.95 Å². The van der Waals surface area contributed by atoms with Crippen molar-refractivity contribution in [2.75, 3.05) is 41.8 Å². The van der Waals surface area contributed by atoms with Gasteiger partial charge in [-0.15, -0.1) is 0 Å². The van der Waals surface area contributed by atoms with E-state index in [1.807, 2.05) is 50.1 Å². The number of anilines is 3. The summed E-state index contributed by atoms with van der Waals surface area (Å²) in [7, 11) is 1.84. The number of aromatic amines is 1. The van der Waals surface area contributed by atoms with Crippen molar-refractivity contribution in [1.29, 1.82) is 0 Å². The van der Waals surface area contributed by atoms with Crippen LogP contribution in [0.15, 0.2) is 41.9 Å². The highest BCUT2D eigenvalue weighted by Gasteiger charge is 2.32. The van der Waals surface area contributed by atoms with E-state index >= 15 is 0 Å². The zero-order valence-electron chi connectivity index (χ0n) is 21.1. The summed E-state index contributed by atoms with van der Waals surface area (Å²) in [5, 5.41) is 26.8. The molecule has 13 heteroatoms. The van der Waals surface area contributed by atoms with Gasteiger partial charge in [0.1, 0.15) is 17.8 Å². The Hall–Kier alpha value is -4.39. The third kappa shape index (κ3) is 3.96. The van der Waals surface area contributed by atoms with E-state index in [1.165, 1.54) is 0 Å². The molecule has 0 aliphatic carbocycles. The lowest BCUT2D eigenvalue weighted by Gasteiger charge is -2.32. The van der Waals surface area contributed by atoms with Crippen molar-refractivity contribution in [2.45, 2.75) is 32.9 Å². The first kappa shape index (κ1) is 23.0. The molecule has 1 fully saturated rings. The molecule has 2 atom stereocenters. The Balaban J connectivity index is 1.29. The highest BCUT2D eigenvalue weighted by molar-refractivity contribution is 6.07. The Kier molecular flexibility index (Phi) is 5.56. The van der Waals surface area contributed by atoms with Crippen LogP contribution in [0, 0.1) is 0 Å². The third-order valence-corrected chi connectivity index (χ3v) is 7.11. The van der Waals surface area contributed by atoms with Gasteiger partial charge < -0.3 is 20.4 Å². The number of hydrogen-bond acceptors (Lipinski definition) is 10. The number of nitrogens with zero attached hydrogens (tertiary/aromatic N) is 9. The van der Waals surface area contributed by atoms with E-state index in [0.29, 0.717) is 28.9 Å². The molecule has 0 bridgehead atoms. The lowest BCUT2D eigenvalue weighted by atomic mass is 10.0. The number of amides is 1. The second-order valence-corrected chi connectivity index (χ2v) is 9.51. The molecule has 4 aromatic rings. The van der Waals surface area contributed by atoms with Crippen LogP contribution in [0.4, 0.5) is 17.5 Å². The summed E-state index contributed by atoms with van der Waals surface area (Å²) in [6, 6.07) is 7.72. The summed E-state index contributed by atoms with van der Waals surface area (Å²) in [6.45, 7) is 8.64. The number of tetrazole rings is 1. The van der Waals surface area contributed by atoms with Gasteiger partial charge >= 0.3 is 0 Å². The number of rotatable bonds is 4. The molecule has 0 spiro atoms. The van der Waals surface area contributed by atoms with Gasteiger partial charge in [-0.1, -0.05) is 5.10 Å². The maximum Gasteiger partial charge on any atom is 0.255 e. The fourth-order valence-corrected chi connectivity index (χ4v) is 5.04. The van der Waals surface area contributed by atoms with Gasteiger partial charge in [-0.25, -0.2) is 14.6 Å². The third-order valence-electron chi connectivity index (χ3n) is 7.11. The molecular formula is C24H28N12O. The maximum atomic E-state index is 13.4. The lowest BCUT2D eigenvalue weighted by Crippen LogP contribution is -2.49. The van der Waals surface area contributed by atoms with E-state index in [4.69, 9.17) is 0 Å². The van der Waals surface area contributed by atoms with Crippen molar-refractivity contribution >= 4 is 34.3 Å². The molecule has 2 aliphatic rings. The van der Waals surface area contributed by atoms with Crippen LogP contribution in [0.2, 0.25) is 0 Å². The summed E-state index contributed by atoms with van der Waals surface area (Å²) in [5.41, 5.74) is 4.33. The smallest absolute Gasteiger partial charge is 0.255 e. The molecule has 0 unspecified atom stereocenters. The van der Waals surface area contributed by atoms with E-state index < -0.39 is 0 Å². The standard InChI is InChI=1S/C24H28N12O/c1-13-11-35(8-7-25-13)20-10-19(26-12-27-20)22-17-9-16(5-6-18(17)29-30-22)28-23(37)21-14(2)34(4)24-31-32-33-36(24)15(21)3/h5-6,9-10,12-13,15,25H,7-8,11H2,1-4H3,(H,28,37)(H,29,30)/t13-,15-/m0/s1. The minimum absolute atomic E-state index is 0.209. The van der Waals surface area contributed by atoms with Gasteiger partial charge in [0, 0.05) is 55.6 Å². The Labute approximate surface area is 213 Å². The van der Waals surface area contributed by atoms with Gasteiger partial charge in [-0.05, 0) is 49.4 Å². The van der Waals surface area contributed by atoms with Crippen molar-refractivity contribution in [1.82, 2.24) is 45.7 Å². The molecule has 2 aliphatic heterocycles. The highest BCUT2D eigenvalue weighted by atomic mass is 16.1. The van der Waals surface area contributed by atoms with Gasteiger partial charge in [0.05, 0.1) is 22.8 Å². The number of piperazine rings is 1. The van der Waals surface area contributed by atoms with Crippen LogP contribution in [-0.4, -0.2) is 79.0 Å². The summed E-state index contributed by atoms with van der Waals surface area (Å²) in [4.78, 5) is 26.5. The zero-order chi connectivity index (χ0) is 25.7. The molecular weight excluding hydrogens is 472 g/mol. The minimum atomic E-state index is -0.304. The van der Waals surface area contributed by atoms with Gasteiger partial charge in [-0.3, -0.25) is 9.89 Å². The monoisotopic (exact) mass is 500 g/mol. The predicted molar refractivity (Wildman–Crippen MR) is 139 cm³/mol. The van der Waals surface area contributed by atoms with Crippen LogP contribution >= 0.6 is 0 Å². The fourth-order valence-electron chi connectivity index (χ4n) is 5.04. The van der Waals surface area contributed by atoms with Crippen LogP contribution in [0.3, 0.4) is 0 Å². The average Bonchev–Trinajstić information content (AvgIpc) is 3.55. The quantitative estimate of drug-likeness (QED) is 0.379. The van der Waals surface area contributed by atoms with Crippen LogP contribution in [0.25, 0.3) is 22.3 Å². The topological polar surface area (TPSA) is 146 Å². The van der Waals surface area contributed by atoms with Crippen LogP contribution in [0.1, 0.15) is 26.8 Å². The number of hydrogen-bond donors (Lipinski definition) is 3. The molecule has 5 heterocycles. The molecule has 190 valence electrons. The largest absolute Gasteiger partial charge is 0.354 e. The van der Waals surface area contributed by atoms with Gasteiger partial charge in [-0.2, -0.15) is 5.10 Å². The van der Waals surface area contributed by atoms with Crippen LogP contribution in [-0.2, 0) is 4.79 Å². The van der Waals surface area contributed by atoms with E-state index in [1.54, 1.807) is 11.0 Å². The first-order valence-corrected chi connectivity index (χ1v) is 12.2. The molecule has 6 rings (SSSR count). The number of aromatic nitrogens is 8. The van der Waals surface area contributed by atoms with Crippen molar-refractivity contribution in [3.8, 4) is 11.4 Å². The summed E-state index contributed by atoms with van der Waals surface area (Å²) in [6.07, 6.45) is 1.58. The number of nitrogens with one attached hydrogen (secondary N) is 3. The molecule has 3 aromatic heterocycles. The lowest BCUT2D eigenvalue weighted by molar-refractivity contribution is -0.113. The van der Waals surface area contributed by atoms with E-state index in [0.717, 1.165) is 47.7 Å². The van der Waals surface area contributed by atoms with Crippen molar-refractivity contribution in [2.24, 2.45) is 0 Å². The number of H-pyrrole nitrogens is 1. The Morgan fingerprint density at radius 3 is 2.89 bits per heavy atom. The van der Waals surface area contributed by atoms with Crippen LogP contribution < -0.4 is 20.4 Å². The molecule has 1 amide bonds. The summed E-state index contributed by atoms with van der Waals surface area (Å²) >= 11 is 0. The Morgan fingerprint density at radius 2 is 2.05 bits per heavy atom. The summed E-state index contributed by atoms with van der Waals surface area (Å²) in [5.74, 6) is 1.27. The maximum absolute atomic E-state index is 13.4. The predicted octanol–water partition coefficient (Wildman–Crippen LogP) is 1.73. The summed E-state index contributed by atoms with van der Waals surface area (Å²) < 4.78 is 1.64. The van der Waals surface area contributed by atoms with Crippen molar-refractivity contribution in [3.05, 3.63) is 41.9 Å². The van der Waals surface area contributed by atoms with Crippen molar-refractivity contribution in [3.63, 3.8) is 0 Å². The molecule has 37 heavy (non-hydrogen) atoms. The van der Waals surface area contributed by atoms with Crippen LogP contribution in [0.5, 0.6) is 0 Å². The van der Waals surface area contributed by atoms with Gasteiger partial charge in [0.15, 0.2) is 0 Å². The van der Waals surface area contributed by atoms with E-state index in [-0.39, 0.29) is 11.9 Å². The molecule has 0 saturated carbocycles. The number of benzene rings is 1. The molecule has 13 nitrogen and oxygen atoms in total. The first-order valence-electron chi connectivity index (χ1n) is 12.2.